The van der Waals surface area contributed by atoms with Crippen molar-refractivity contribution in [1.82, 2.24) is 4.90 Å². The number of benzene rings is 2. The molecule has 0 aliphatic carbocycles. The number of nitrogens with zero attached hydrogens (tertiary/aromatic N) is 2. The lowest BCUT2D eigenvalue weighted by Crippen LogP contribution is -2.41. The molecule has 1 aliphatic rings. The van der Waals surface area contributed by atoms with Gasteiger partial charge in [-0.2, -0.15) is 0 Å². The second kappa shape index (κ2) is 7.19. The lowest BCUT2D eigenvalue weighted by molar-refractivity contribution is 0.198. The van der Waals surface area contributed by atoms with Crippen LogP contribution in [0.2, 0.25) is 0 Å². The van der Waals surface area contributed by atoms with Crippen LogP contribution in [0, 0.1) is 11.6 Å². The number of carboxylic acid groups (broad SMARTS) is 1. The number of para-hydroxylation sites is 1. The molecule has 0 bridgehead atoms. The fourth-order valence-corrected chi connectivity index (χ4v) is 3.36. The van der Waals surface area contributed by atoms with Crippen LogP contribution < -0.4 is 4.90 Å². The molecule has 25 heavy (non-hydrogen) atoms. The fraction of sp³-hybridized carbons (Fsp3) is 0.316. The molecule has 132 valence electrons. The maximum Gasteiger partial charge on any atom is 0.411 e. The van der Waals surface area contributed by atoms with Gasteiger partial charge in [-0.1, -0.05) is 18.2 Å². The van der Waals surface area contributed by atoms with E-state index < -0.39 is 17.7 Å². The zero-order valence-electron chi connectivity index (χ0n) is 14.0. The summed E-state index contributed by atoms with van der Waals surface area (Å²) in [4.78, 5) is 15.3. The number of likely N-dealkylation sites (tertiary alicyclic amines) is 1. The van der Waals surface area contributed by atoms with Crippen molar-refractivity contribution in [2.24, 2.45) is 0 Å². The van der Waals surface area contributed by atoms with Crippen LogP contribution in [0.4, 0.5) is 19.3 Å². The molecule has 0 radical (unpaired) electrons. The monoisotopic (exact) mass is 346 g/mol. The number of amides is 1. The third-order valence-corrected chi connectivity index (χ3v) is 4.66. The van der Waals surface area contributed by atoms with E-state index in [1.165, 1.54) is 17.0 Å². The van der Waals surface area contributed by atoms with Gasteiger partial charge in [0.05, 0.1) is 5.69 Å². The number of carbonyl (C=O) groups is 1. The normalized spacial score (nSPS) is 17.6. The van der Waals surface area contributed by atoms with Gasteiger partial charge in [-0.05, 0) is 50.2 Å². The molecule has 0 spiro atoms. The highest BCUT2D eigenvalue weighted by Gasteiger charge is 2.27. The van der Waals surface area contributed by atoms with Crippen LogP contribution in [0.5, 0.6) is 0 Å². The Morgan fingerprint density at radius 2 is 1.92 bits per heavy atom. The Bertz CT molecular complexity index is 762. The number of rotatable bonds is 4. The van der Waals surface area contributed by atoms with Gasteiger partial charge in [0.2, 0.25) is 0 Å². The average Bonchev–Trinajstić information content (AvgIpc) is 2.96. The third kappa shape index (κ3) is 3.79. The van der Waals surface area contributed by atoms with Crippen molar-refractivity contribution in [3.8, 4) is 11.1 Å². The largest absolute Gasteiger partial charge is 0.465 e. The first-order valence-electron chi connectivity index (χ1n) is 8.22. The minimum absolute atomic E-state index is 0.133. The molecule has 6 heteroatoms. The van der Waals surface area contributed by atoms with Crippen LogP contribution in [0.15, 0.2) is 42.5 Å². The molecule has 1 unspecified atom stereocenters. The lowest BCUT2D eigenvalue weighted by atomic mass is 10.0. The Balaban J connectivity index is 2.01. The molecule has 3 rings (SSSR count). The number of anilines is 1. The van der Waals surface area contributed by atoms with E-state index in [1.807, 2.05) is 7.05 Å². The molecule has 4 nitrogen and oxygen atoms in total. The van der Waals surface area contributed by atoms with Crippen molar-refractivity contribution in [3.05, 3.63) is 54.1 Å². The summed E-state index contributed by atoms with van der Waals surface area (Å²) in [5.74, 6) is -1.38. The molecule has 1 heterocycles. The highest BCUT2D eigenvalue weighted by atomic mass is 19.1. The fourth-order valence-electron chi connectivity index (χ4n) is 3.36. The van der Waals surface area contributed by atoms with Gasteiger partial charge in [0, 0.05) is 24.2 Å². The number of halogens is 2. The first-order valence-corrected chi connectivity index (χ1v) is 8.22. The number of likely N-dealkylation sites (N-methyl/N-ethyl adjacent to an activating group) is 1. The Labute approximate surface area is 145 Å². The molecule has 1 atom stereocenters. The molecule has 0 saturated carbocycles. The Hall–Kier alpha value is -2.47. The Morgan fingerprint density at radius 1 is 1.24 bits per heavy atom. The van der Waals surface area contributed by atoms with Crippen molar-refractivity contribution in [3.63, 3.8) is 0 Å². The summed E-state index contributed by atoms with van der Waals surface area (Å²) in [7, 11) is 1.98. The molecule has 1 fully saturated rings. The van der Waals surface area contributed by atoms with Gasteiger partial charge in [-0.25, -0.2) is 13.6 Å². The van der Waals surface area contributed by atoms with Crippen molar-refractivity contribution in [1.29, 1.82) is 0 Å². The second-order valence-corrected chi connectivity index (χ2v) is 6.35. The topological polar surface area (TPSA) is 43.8 Å². The second-order valence-electron chi connectivity index (χ2n) is 6.35. The van der Waals surface area contributed by atoms with Crippen molar-refractivity contribution in [2.45, 2.75) is 18.9 Å². The zero-order valence-corrected chi connectivity index (χ0v) is 14.0. The predicted octanol–water partition coefficient (Wildman–Crippen LogP) is 4.21. The van der Waals surface area contributed by atoms with E-state index in [2.05, 4.69) is 4.90 Å². The van der Waals surface area contributed by atoms with Crippen molar-refractivity contribution < 1.29 is 18.7 Å². The Kier molecular flexibility index (Phi) is 4.99. The van der Waals surface area contributed by atoms with Crippen LogP contribution in [0.1, 0.15) is 12.8 Å². The van der Waals surface area contributed by atoms with E-state index >= 15 is 0 Å². The van der Waals surface area contributed by atoms with Crippen LogP contribution in [0.25, 0.3) is 11.1 Å². The molecule has 1 amide bonds. The molecule has 0 aromatic heterocycles. The van der Waals surface area contributed by atoms with Crippen molar-refractivity contribution >= 4 is 11.8 Å². The first-order chi connectivity index (χ1) is 12.0. The van der Waals surface area contributed by atoms with Gasteiger partial charge in [-0.3, -0.25) is 4.90 Å². The highest BCUT2D eigenvalue weighted by Crippen LogP contribution is 2.33. The van der Waals surface area contributed by atoms with Gasteiger partial charge in [0.25, 0.3) is 0 Å². The standard InChI is InChI=1S/C19H20F2N2O2/c1-22-8-4-5-16(22)12-23(19(24)25)18-7-3-2-6-17(18)13-9-14(20)11-15(21)10-13/h2-3,6-7,9-11,16H,4-5,8,12H2,1H3,(H,24,25). The van der Waals surface area contributed by atoms with E-state index in [9.17, 15) is 18.7 Å². The van der Waals surface area contributed by atoms with Crippen LogP contribution in [-0.4, -0.2) is 42.3 Å². The maximum atomic E-state index is 13.6. The summed E-state index contributed by atoms with van der Waals surface area (Å²) < 4.78 is 27.2. The molecular formula is C19H20F2N2O2. The molecule has 1 aliphatic heterocycles. The van der Waals surface area contributed by atoms with E-state index in [0.29, 0.717) is 23.4 Å². The molecule has 2 aromatic carbocycles. The molecule has 1 N–H and O–H groups in total. The van der Waals surface area contributed by atoms with Crippen LogP contribution >= 0.6 is 0 Å². The number of hydrogen-bond acceptors (Lipinski definition) is 2. The predicted molar refractivity (Wildman–Crippen MR) is 92.8 cm³/mol. The Morgan fingerprint density at radius 3 is 2.52 bits per heavy atom. The summed E-state index contributed by atoms with van der Waals surface area (Å²) in [6.07, 6.45) is 0.882. The summed E-state index contributed by atoms with van der Waals surface area (Å²) >= 11 is 0. The molecule has 2 aromatic rings. The summed E-state index contributed by atoms with van der Waals surface area (Å²) in [6.45, 7) is 1.26. The highest BCUT2D eigenvalue weighted by molar-refractivity contribution is 5.93. The lowest BCUT2D eigenvalue weighted by Gasteiger charge is -2.28. The van der Waals surface area contributed by atoms with Gasteiger partial charge in [0.1, 0.15) is 11.6 Å². The minimum atomic E-state index is -1.08. The van der Waals surface area contributed by atoms with Gasteiger partial charge >= 0.3 is 6.09 Å². The van der Waals surface area contributed by atoms with Gasteiger partial charge < -0.3 is 10.0 Å². The average molecular weight is 346 g/mol. The van der Waals surface area contributed by atoms with E-state index in [1.54, 1.807) is 24.3 Å². The first kappa shape index (κ1) is 17.4. The summed E-state index contributed by atoms with van der Waals surface area (Å²) in [5, 5.41) is 9.71. The van der Waals surface area contributed by atoms with Gasteiger partial charge in [0.15, 0.2) is 0 Å². The van der Waals surface area contributed by atoms with Crippen LogP contribution in [0.3, 0.4) is 0 Å². The SMILES string of the molecule is CN1CCCC1CN(C(=O)O)c1ccccc1-c1cc(F)cc(F)c1. The third-order valence-electron chi connectivity index (χ3n) is 4.66. The summed E-state index contributed by atoms with van der Waals surface area (Å²) in [6, 6.07) is 10.2. The van der Waals surface area contributed by atoms with Crippen LogP contribution in [-0.2, 0) is 0 Å². The maximum absolute atomic E-state index is 13.6. The minimum Gasteiger partial charge on any atom is -0.465 e. The quantitative estimate of drug-likeness (QED) is 0.902. The van der Waals surface area contributed by atoms with E-state index in [4.69, 9.17) is 0 Å². The molecule has 1 saturated heterocycles. The number of hydrogen-bond donors (Lipinski definition) is 1. The summed E-state index contributed by atoms with van der Waals surface area (Å²) in [5.41, 5.74) is 1.24. The zero-order chi connectivity index (χ0) is 18.0. The smallest absolute Gasteiger partial charge is 0.411 e. The van der Waals surface area contributed by atoms with E-state index in [-0.39, 0.29) is 6.04 Å². The van der Waals surface area contributed by atoms with Crippen molar-refractivity contribution in [2.75, 3.05) is 25.0 Å². The van der Waals surface area contributed by atoms with E-state index in [0.717, 1.165) is 25.5 Å². The van der Waals surface area contributed by atoms with Gasteiger partial charge in [-0.15, -0.1) is 0 Å². The molecular weight excluding hydrogens is 326 g/mol.